The van der Waals surface area contributed by atoms with Crippen molar-refractivity contribution in [2.24, 2.45) is 11.5 Å². The van der Waals surface area contributed by atoms with E-state index in [2.05, 4.69) is 5.32 Å². The Bertz CT molecular complexity index is 384. The van der Waals surface area contributed by atoms with Gasteiger partial charge in [-0.25, -0.2) is 0 Å². The van der Waals surface area contributed by atoms with Gasteiger partial charge in [-0.3, -0.25) is 9.59 Å². The van der Waals surface area contributed by atoms with E-state index in [1.807, 2.05) is 6.07 Å². The van der Waals surface area contributed by atoms with Crippen LogP contribution in [0.1, 0.15) is 6.42 Å². The first-order valence-electron chi connectivity index (χ1n) is 5.63. The van der Waals surface area contributed by atoms with Crippen LogP contribution in [0.15, 0.2) is 30.3 Å². The number of carbonyl (C=O) groups excluding carboxylic acids is 2. The number of benzene rings is 1. The quantitative estimate of drug-likeness (QED) is 0.451. The topological polar surface area (TPSA) is 139 Å². The number of primary amides is 1. The van der Waals surface area contributed by atoms with Crippen molar-refractivity contribution in [3.05, 3.63) is 30.3 Å². The Kier molecular flexibility index (Phi) is 8.76. The zero-order valence-electron chi connectivity index (χ0n) is 10.5. The second kappa shape index (κ2) is 9.86. The van der Waals surface area contributed by atoms with Gasteiger partial charge in [0.05, 0.1) is 19.1 Å². The number of carbonyl (C=O) groups is 2. The minimum absolute atomic E-state index is 0.130. The summed E-state index contributed by atoms with van der Waals surface area (Å²) in [4.78, 5) is 21.2. The first-order valence-corrected chi connectivity index (χ1v) is 5.63. The highest BCUT2D eigenvalue weighted by Gasteiger charge is 2.14. The molecule has 0 heterocycles. The van der Waals surface area contributed by atoms with Gasteiger partial charge in [0.15, 0.2) is 0 Å². The summed E-state index contributed by atoms with van der Waals surface area (Å²) in [5.41, 5.74) is 10.1. The average molecular weight is 269 g/mol. The molecule has 0 saturated heterocycles. The molecule has 1 rings (SSSR count). The van der Waals surface area contributed by atoms with Crippen molar-refractivity contribution in [1.29, 1.82) is 0 Å². The third-order valence-electron chi connectivity index (χ3n) is 1.93. The fourth-order valence-corrected chi connectivity index (χ4v) is 1.05. The molecule has 2 amide bonds. The molecule has 7 nitrogen and oxygen atoms in total. The highest BCUT2D eigenvalue weighted by Crippen LogP contribution is 2.02. The SMILES string of the molecule is NC(=O)CC(N)C(=O)NCCO.Oc1ccccc1. The van der Waals surface area contributed by atoms with Gasteiger partial charge < -0.3 is 27.0 Å². The van der Waals surface area contributed by atoms with Gasteiger partial charge in [-0.2, -0.15) is 0 Å². The van der Waals surface area contributed by atoms with Crippen LogP contribution < -0.4 is 16.8 Å². The fourth-order valence-electron chi connectivity index (χ4n) is 1.05. The molecule has 0 bridgehead atoms. The number of phenols is 1. The van der Waals surface area contributed by atoms with E-state index in [0.717, 1.165) is 0 Å². The van der Waals surface area contributed by atoms with Crippen LogP contribution in [0.3, 0.4) is 0 Å². The third kappa shape index (κ3) is 9.57. The first kappa shape index (κ1) is 16.9. The number of nitrogens with two attached hydrogens (primary N) is 2. The van der Waals surface area contributed by atoms with Gasteiger partial charge in [-0.05, 0) is 12.1 Å². The van der Waals surface area contributed by atoms with Crippen LogP contribution in [-0.4, -0.2) is 41.2 Å². The van der Waals surface area contributed by atoms with E-state index >= 15 is 0 Å². The number of aliphatic hydroxyl groups excluding tert-OH is 1. The lowest BCUT2D eigenvalue weighted by atomic mass is 10.2. The lowest BCUT2D eigenvalue weighted by Gasteiger charge is -2.08. The summed E-state index contributed by atoms with van der Waals surface area (Å²) in [6, 6.07) is 7.79. The van der Waals surface area contributed by atoms with E-state index in [1.54, 1.807) is 24.3 Å². The summed E-state index contributed by atoms with van der Waals surface area (Å²) in [5, 5.41) is 19.3. The number of nitrogens with one attached hydrogen (secondary N) is 1. The number of hydrogen-bond acceptors (Lipinski definition) is 5. The molecule has 0 radical (unpaired) electrons. The second-order valence-electron chi connectivity index (χ2n) is 3.63. The van der Waals surface area contributed by atoms with Crippen LogP contribution in [0, 0.1) is 0 Å². The van der Waals surface area contributed by atoms with Gasteiger partial charge in [0.1, 0.15) is 5.75 Å². The lowest BCUT2D eigenvalue weighted by molar-refractivity contribution is -0.126. The Labute approximate surface area is 111 Å². The Morgan fingerprint density at radius 3 is 2.21 bits per heavy atom. The highest BCUT2D eigenvalue weighted by atomic mass is 16.3. The maximum Gasteiger partial charge on any atom is 0.237 e. The zero-order chi connectivity index (χ0) is 14.7. The van der Waals surface area contributed by atoms with Crippen LogP contribution in [0.2, 0.25) is 0 Å². The predicted octanol–water partition coefficient (Wildman–Crippen LogP) is -1.31. The third-order valence-corrected chi connectivity index (χ3v) is 1.93. The minimum atomic E-state index is -0.922. The molecule has 0 saturated carbocycles. The Morgan fingerprint density at radius 1 is 1.26 bits per heavy atom. The number of aliphatic hydroxyl groups is 1. The summed E-state index contributed by atoms with van der Waals surface area (Å²) in [7, 11) is 0. The summed E-state index contributed by atoms with van der Waals surface area (Å²) in [6.45, 7) is -0.0275. The van der Waals surface area contributed by atoms with Crippen molar-refractivity contribution in [3.8, 4) is 5.75 Å². The van der Waals surface area contributed by atoms with E-state index < -0.39 is 17.9 Å². The van der Waals surface area contributed by atoms with Crippen molar-refractivity contribution in [2.45, 2.75) is 12.5 Å². The molecule has 0 spiro atoms. The number of para-hydroxylation sites is 1. The van der Waals surface area contributed by atoms with Gasteiger partial charge in [0, 0.05) is 6.54 Å². The van der Waals surface area contributed by atoms with E-state index in [-0.39, 0.29) is 19.6 Å². The molecule has 19 heavy (non-hydrogen) atoms. The zero-order valence-corrected chi connectivity index (χ0v) is 10.5. The fraction of sp³-hybridized carbons (Fsp3) is 0.333. The van der Waals surface area contributed by atoms with Gasteiger partial charge in [0.2, 0.25) is 11.8 Å². The maximum atomic E-state index is 10.9. The van der Waals surface area contributed by atoms with Crippen molar-refractivity contribution in [2.75, 3.05) is 13.2 Å². The normalized spacial score (nSPS) is 10.8. The largest absolute Gasteiger partial charge is 0.508 e. The van der Waals surface area contributed by atoms with Crippen LogP contribution >= 0.6 is 0 Å². The van der Waals surface area contributed by atoms with Crippen molar-refractivity contribution in [1.82, 2.24) is 5.32 Å². The maximum absolute atomic E-state index is 10.9. The summed E-state index contributed by atoms with van der Waals surface area (Å²) >= 11 is 0. The van der Waals surface area contributed by atoms with E-state index in [0.29, 0.717) is 5.75 Å². The average Bonchev–Trinajstić information content (AvgIpc) is 2.36. The van der Waals surface area contributed by atoms with Crippen LogP contribution in [0.5, 0.6) is 5.75 Å². The van der Waals surface area contributed by atoms with Gasteiger partial charge in [-0.15, -0.1) is 0 Å². The monoisotopic (exact) mass is 269 g/mol. The second-order valence-corrected chi connectivity index (χ2v) is 3.63. The minimum Gasteiger partial charge on any atom is -0.508 e. The number of aromatic hydroxyl groups is 1. The van der Waals surface area contributed by atoms with Gasteiger partial charge in [0.25, 0.3) is 0 Å². The molecular weight excluding hydrogens is 250 g/mol. The van der Waals surface area contributed by atoms with Crippen molar-refractivity contribution >= 4 is 11.8 Å². The molecule has 0 fully saturated rings. The summed E-state index contributed by atoms with van der Waals surface area (Å²) < 4.78 is 0. The molecule has 1 aromatic rings. The molecule has 1 aromatic carbocycles. The summed E-state index contributed by atoms with van der Waals surface area (Å²) in [5.74, 6) is -0.785. The molecule has 7 N–H and O–H groups in total. The molecule has 0 aliphatic heterocycles. The molecule has 1 unspecified atom stereocenters. The predicted molar refractivity (Wildman–Crippen MR) is 70.0 cm³/mol. The first-order chi connectivity index (χ1) is 8.97. The van der Waals surface area contributed by atoms with E-state index in [4.69, 9.17) is 21.7 Å². The molecule has 106 valence electrons. The van der Waals surface area contributed by atoms with Crippen LogP contribution in [0.4, 0.5) is 0 Å². The standard InChI is InChI=1S/C6H13N3O3.C6H6O/c7-4(3-5(8)11)6(12)9-1-2-10;7-6-4-2-1-3-5-6/h4,10H,1-3,7H2,(H2,8,11)(H,9,12);1-5,7H. The Balaban J connectivity index is 0.000000388. The van der Waals surface area contributed by atoms with Crippen LogP contribution in [0.25, 0.3) is 0 Å². The summed E-state index contributed by atoms with van der Waals surface area (Å²) in [6.07, 6.45) is -0.183. The molecular formula is C12H19N3O4. The van der Waals surface area contributed by atoms with Crippen molar-refractivity contribution in [3.63, 3.8) is 0 Å². The van der Waals surface area contributed by atoms with Crippen LogP contribution in [-0.2, 0) is 9.59 Å². The number of amides is 2. The molecule has 0 aliphatic rings. The highest BCUT2D eigenvalue weighted by molar-refractivity contribution is 5.87. The number of rotatable bonds is 5. The van der Waals surface area contributed by atoms with Gasteiger partial charge in [-0.1, -0.05) is 18.2 Å². The molecule has 1 atom stereocenters. The Hall–Kier alpha value is -2.12. The van der Waals surface area contributed by atoms with E-state index in [1.165, 1.54) is 0 Å². The molecule has 0 aromatic heterocycles. The number of phenolic OH excluding ortho intramolecular Hbond substituents is 1. The molecule has 0 aliphatic carbocycles. The van der Waals surface area contributed by atoms with Crippen molar-refractivity contribution < 1.29 is 19.8 Å². The van der Waals surface area contributed by atoms with Gasteiger partial charge >= 0.3 is 0 Å². The smallest absolute Gasteiger partial charge is 0.237 e. The molecule has 7 heteroatoms. The number of hydrogen-bond donors (Lipinski definition) is 5. The van der Waals surface area contributed by atoms with E-state index in [9.17, 15) is 9.59 Å². The Morgan fingerprint density at radius 2 is 1.84 bits per heavy atom. The lowest BCUT2D eigenvalue weighted by Crippen LogP contribution is -2.43.